The Bertz CT molecular complexity index is 1450. The summed E-state index contributed by atoms with van der Waals surface area (Å²) in [6.45, 7) is 5.64. The third kappa shape index (κ3) is 7.33. The molecule has 220 valence electrons. The number of carbonyl (C=O) groups excluding carboxylic acids is 4. The van der Waals surface area contributed by atoms with Crippen LogP contribution in [0.3, 0.4) is 0 Å². The van der Waals surface area contributed by atoms with Gasteiger partial charge in [-0.1, -0.05) is 42.5 Å². The minimum absolute atomic E-state index is 0.0817. The Morgan fingerprint density at radius 2 is 1.71 bits per heavy atom. The fourth-order valence-electron chi connectivity index (χ4n) is 4.77. The average molecular weight is 590 g/mol. The fourth-order valence-corrected chi connectivity index (χ4v) is 5.49. The first-order chi connectivity index (χ1) is 20.1. The minimum Gasteiger partial charge on any atom is -0.444 e. The predicted octanol–water partition coefficient (Wildman–Crippen LogP) is 4.90. The lowest BCUT2D eigenvalue weighted by molar-refractivity contribution is -0.138. The number of ether oxygens (including phenoxy) is 1. The van der Waals surface area contributed by atoms with Gasteiger partial charge < -0.3 is 25.6 Å². The van der Waals surface area contributed by atoms with Gasteiger partial charge in [-0.05, 0) is 64.2 Å². The topological polar surface area (TPSA) is 130 Å². The van der Waals surface area contributed by atoms with Crippen LogP contribution in [0.2, 0.25) is 0 Å². The van der Waals surface area contributed by atoms with Gasteiger partial charge >= 0.3 is 6.09 Å². The maximum absolute atomic E-state index is 13.8. The van der Waals surface area contributed by atoms with E-state index in [9.17, 15) is 19.2 Å². The Morgan fingerprint density at radius 3 is 2.38 bits per heavy atom. The van der Waals surface area contributed by atoms with Crippen molar-refractivity contribution in [2.24, 2.45) is 0 Å². The molecule has 0 unspecified atom stereocenters. The Kier molecular flexibility index (Phi) is 8.58. The highest BCUT2D eigenvalue weighted by Gasteiger charge is 2.39. The maximum atomic E-state index is 13.8. The van der Waals surface area contributed by atoms with Gasteiger partial charge in [-0.25, -0.2) is 9.78 Å². The summed E-state index contributed by atoms with van der Waals surface area (Å²) in [5, 5.41) is 10.8. The first kappa shape index (κ1) is 29.2. The second-order valence-electron chi connectivity index (χ2n) is 11.5. The van der Waals surface area contributed by atoms with Crippen LogP contribution in [0.1, 0.15) is 68.4 Å². The van der Waals surface area contributed by atoms with E-state index in [2.05, 4.69) is 20.9 Å². The molecule has 42 heavy (non-hydrogen) atoms. The largest absolute Gasteiger partial charge is 0.444 e. The number of carbonyl (C=O) groups is 4. The molecule has 2 heterocycles. The Labute approximate surface area is 248 Å². The monoisotopic (exact) mass is 589 g/mol. The van der Waals surface area contributed by atoms with E-state index in [1.165, 1.54) is 16.2 Å². The molecule has 2 aliphatic rings. The Hall–Kier alpha value is -4.25. The number of alkyl carbamates (subject to hydrolysis) is 1. The zero-order valence-corrected chi connectivity index (χ0v) is 24.7. The van der Waals surface area contributed by atoms with E-state index in [1.807, 2.05) is 23.6 Å². The minimum atomic E-state index is -1.00. The van der Waals surface area contributed by atoms with Gasteiger partial charge in [0.05, 0.1) is 5.69 Å². The van der Waals surface area contributed by atoms with Crippen molar-refractivity contribution in [3.63, 3.8) is 0 Å². The van der Waals surface area contributed by atoms with Gasteiger partial charge in [-0.15, -0.1) is 11.3 Å². The molecule has 2 fully saturated rings. The summed E-state index contributed by atoms with van der Waals surface area (Å²) in [6.07, 6.45) is 2.49. The number of nitrogens with zero attached hydrogens (tertiary/aromatic N) is 2. The molecule has 3 aromatic rings. The van der Waals surface area contributed by atoms with Crippen molar-refractivity contribution in [1.29, 1.82) is 0 Å². The van der Waals surface area contributed by atoms with Gasteiger partial charge in [0.15, 0.2) is 5.13 Å². The van der Waals surface area contributed by atoms with Crippen molar-refractivity contribution in [3.05, 3.63) is 71.1 Å². The number of hydrogen-bond acceptors (Lipinski definition) is 7. The molecule has 2 atom stereocenters. The fraction of sp³-hybridized carbons (Fsp3) is 0.387. The normalized spacial score (nSPS) is 17.3. The van der Waals surface area contributed by atoms with Crippen LogP contribution in [0.5, 0.6) is 0 Å². The van der Waals surface area contributed by atoms with Crippen LogP contribution in [-0.4, -0.2) is 57.9 Å². The lowest BCUT2D eigenvalue weighted by atomic mass is 10.0. The van der Waals surface area contributed by atoms with Crippen LogP contribution < -0.4 is 16.0 Å². The molecule has 0 spiro atoms. The van der Waals surface area contributed by atoms with Crippen molar-refractivity contribution in [2.45, 2.75) is 70.2 Å². The summed E-state index contributed by atoms with van der Waals surface area (Å²) in [4.78, 5) is 58.1. The molecular formula is C31H35N5O5S. The molecule has 0 radical (unpaired) electrons. The smallest absolute Gasteiger partial charge is 0.408 e. The molecule has 4 amide bonds. The molecule has 0 bridgehead atoms. The highest BCUT2D eigenvalue weighted by molar-refractivity contribution is 7.14. The molecule has 1 aromatic heterocycles. The highest BCUT2D eigenvalue weighted by Crippen LogP contribution is 2.28. The first-order valence-electron chi connectivity index (χ1n) is 14.1. The standard InChI is InChI=1S/C31H35N5O5S/c1-31(2,3)41-30(40)34-25(20-8-5-4-6-9-20)28(39)36-17-7-10-24(36)27(38)35-29-33-23(18-42-29)19-11-13-21(14-12-19)26(37)32-22-15-16-22/h4-6,8-9,11-14,18,22,24-25H,7,10,15-17H2,1-3H3,(H,32,37)(H,34,40)(H,33,35,38)/t24-,25+/m0/s1. The van der Waals surface area contributed by atoms with Crippen LogP contribution in [0.25, 0.3) is 11.3 Å². The molecule has 10 nitrogen and oxygen atoms in total. The zero-order valence-electron chi connectivity index (χ0n) is 23.9. The maximum Gasteiger partial charge on any atom is 0.408 e. The van der Waals surface area contributed by atoms with Crippen molar-refractivity contribution < 1.29 is 23.9 Å². The van der Waals surface area contributed by atoms with E-state index in [0.29, 0.717) is 47.4 Å². The summed E-state index contributed by atoms with van der Waals surface area (Å²) < 4.78 is 5.40. The number of likely N-dealkylation sites (tertiary alicyclic amines) is 1. The third-order valence-electron chi connectivity index (χ3n) is 6.97. The lowest BCUT2D eigenvalue weighted by Crippen LogP contribution is -2.49. The first-order valence-corrected chi connectivity index (χ1v) is 15.0. The summed E-state index contributed by atoms with van der Waals surface area (Å²) in [6, 6.07) is 14.7. The molecular weight excluding hydrogens is 554 g/mol. The van der Waals surface area contributed by atoms with Crippen LogP contribution in [0.4, 0.5) is 9.93 Å². The second-order valence-corrected chi connectivity index (χ2v) is 12.4. The van der Waals surface area contributed by atoms with Crippen molar-refractivity contribution in [2.75, 3.05) is 11.9 Å². The number of thiazole rings is 1. The lowest BCUT2D eigenvalue weighted by Gasteiger charge is -2.29. The van der Waals surface area contributed by atoms with Crippen molar-refractivity contribution in [3.8, 4) is 11.3 Å². The molecule has 1 saturated carbocycles. The quantitative estimate of drug-likeness (QED) is 0.343. The number of anilines is 1. The number of hydrogen-bond donors (Lipinski definition) is 3. The van der Waals surface area contributed by atoms with E-state index in [-0.39, 0.29) is 17.7 Å². The molecule has 2 aromatic carbocycles. The summed E-state index contributed by atoms with van der Waals surface area (Å²) in [7, 11) is 0. The molecule has 11 heteroatoms. The van der Waals surface area contributed by atoms with Gasteiger partial charge in [-0.2, -0.15) is 0 Å². The Balaban J connectivity index is 1.25. The van der Waals surface area contributed by atoms with E-state index in [1.54, 1.807) is 57.2 Å². The number of nitrogens with one attached hydrogen (secondary N) is 3. The van der Waals surface area contributed by atoms with Gasteiger partial charge in [0, 0.05) is 29.1 Å². The highest BCUT2D eigenvalue weighted by atomic mass is 32.1. The SMILES string of the molecule is CC(C)(C)OC(=O)N[C@@H](C(=O)N1CCC[C@H]1C(=O)Nc1nc(-c2ccc(C(=O)NC3CC3)cc2)cs1)c1ccccc1. The van der Waals surface area contributed by atoms with E-state index in [0.717, 1.165) is 18.4 Å². The molecule has 5 rings (SSSR count). The number of aromatic nitrogens is 1. The number of benzene rings is 2. The average Bonchev–Trinajstić information content (AvgIpc) is 3.42. The molecule has 1 saturated heterocycles. The van der Waals surface area contributed by atoms with Crippen LogP contribution >= 0.6 is 11.3 Å². The summed E-state index contributed by atoms with van der Waals surface area (Å²) in [5.41, 5.74) is 1.96. The second kappa shape index (κ2) is 12.3. The van der Waals surface area contributed by atoms with Crippen molar-refractivity contribution in [1.82, 2.24) is 20.5 Å². The molecule has 1 aliphatic carbocycles. The number of amides is 4. The van der Waals surface area contributed by atoms with E-state index < -0.39 is 23.8 Å². The molecule has 3 N–H and O–H groups in total. The van der Waals surface area contributed by atoms with Crippen LogP contribution in [0.15, 0.2) is 60.0 Å². The molecule has 1 aliphatic heterocycles. The van der Waals surface area contributed by atoms with Gasteiger partial charge in [0.25, 0.3) is 11.8 Å². The van der Waals surface area contributed by atoms with Crippen molar-refractivity contribution >= 4 is 40.3 Å². The summed E-state index contributed by atoms with van der Waals surface area (Å²) in [5.74, 6) is -0.796. The van der Waals surface area contributed by atoms with Gasteiger partial charge in [0.1, 0.15) is 17.7 Å². The van der Waals surface area contributed by atoms with Gasteiger partial charge in [-0.3, -0.25) is 14.4 Å². The van der Waals surface area contributed by atoms with E-state index in [4.69, 9.17) is 4.74 Å². The number of rotatable bonds is 8. The van der Waals surface area contributed by atoms with E-state index >= 15 is 0 Å². The van der Waals surface area contributed by atoms with Gasteiger partial charge in [0.2, 0.25) is 5.91 Å². The Morgan fingerprint density at radius 1 is 1.00 bits per heavy atom. The van der Waals surface area contributed by atoms with Crippen LogP contribution in [-0.2, 0) is 14.3 Å². The van der Waals surface area contributed by atoms with Crippen LogP contribution in [0, 0.1) is 0 Å². The zero-order chi connectivity index (χ0) is 29.9. The third-order valence-corrected chi connectivity index (χ3v) is 7.73. The predicted molar refractivity (Wildman–Crippen MR) is 160 cm³/mol. The summed E-state index contributed by atoms with van der Waals surface area (Å²) >= 11 is 1.29.